The Morgan fingerprint density at radius 3 is 2.53 bits per heavy atom. The predicted octanol–water partition coefficient (Wildman–Crippen LogP) is 5.08. The van der Waals surface area contributed by atoms with Crippen molar-refractivity contribution in [2.45, 2.75) is 13.1 Å². The molecule has 0 N–H and O–H groups in total. The summed E-state index contributed by atoms with van der Waals surface area (Å²) >= 11 is 3.18. The van der Waals surface area contributed by atoms with E-state index in [1.165, 1.54) is 17.2 Å². The van der Waals surface area contributed by atoms with E-state index in [0.717, 1.165) is 12.1 Å². The van der Waals surface area contributed by atoms with Crippen LogP contribution in [0, 0.1) is 28.8 Å². The van der Waals surface area contributed by atoms with E-state index in [9.17, 15) is 18.0 Å². The molecule has 30 heavy (non-hydrogen) atoms. The van der Waals surface area contributed by atoms with Gasteiger partial charge in [-0.25, -0.2) is 18.2 Å². The first kappa shape index (κ1) is 19.9. The lowest BCUT2D eigenvalue weighted by atomic mass is 10.2. The van der Waals surface area contributed by atoms with Crippen LogP contribution in [0.25, 0.3) is 0 Å². The van der Waals surface area contributed by atoms with Gasteiger partial charge in [-0.05, 0) is 35.9 Å². The molecule has 0 radical (unpaired) electrons. The lowest BCUT2D eigenvalue weighted by Gasteiger charge is -2.16. The minimum absolute atomic E-state index is 0.00561. The van der Waals surface area contributed by atoms with Crippen molar-refractivity contribution >= 4 is 21.8 Å². The number of nitriles is 1. The highest BCUT2D eigenvalue weighted by Crippen LogP contribution is 2.35. The normalized spacial score (nSPS) is 12.6. The quantitative estimate of drug-likeness (QED) is 0.529. The largest absolute Gasteiger partial charge is 0.432 e. The van der Waals surface area contributed by atoms with E-state index >= 15 is 0 Å². The number of carbonyl (C=O) groups is 1. The first-order valence-electron chi connectivity index (χ1n) is 8.65. The van der Waals surface area contributed by atoms with Crippen molar-refractivity contribution in [2.75, 3.05) is 0 Å². The summed E-state index contributed by atoms with van der Waals surface area (Å²) in [7, 11) is 0. The third-order valence-electron chi connectivity index (χ3n) is 4.57. The zero-order valence-electron chi connectivity index (χ0n) is 15.1. The van der Waals surface area contributed by atoms with E-state index in [1.807, 2.05) is 0 Å². The van der Waals surface area contributed by atoms with Crippen LogP contribution in [-0.4, -0.2) is 15.8 Å². The molecular weight excluding hydrogens is 463 g/mol. The average Bonchev–Trinajstić information content (AvgIpc) is 3.03. The fourth-order valence-corrected chi connectivity index (χ4v) is 3.49. The number of rotatable bonds is 4. The van der Waals surface area contributed by atoms with E-state index in [2.05, 4.69) is 20.9 Å². The molecule has 1 aliphatic rings. The van der Waals surface area contributed by atoms with Gasteiger partial charge in [0.2, 0.25) is 11.6 Å². The minimum Gasteiger partial charge on any atom is -0.432 e. The van der Waals surface area contributed by atoms with Crippen LogP contribution >= 0.6 is 15.9 Å². The monoisotopic (exact) mass is 473 g/mol. The summed E-state index contributed by atoms with van der Waals surface area (Å²) in [5, 5.41) is 8.80. The standard InChI is InChI=1S/C21H11BrF3N3O2/c22-14-2-1-12(15(23)7-14)9-28-10-13-3-4-27-20(18(13)21(28)29)30-19-16(24)5-11(8-26)6-17(19)25/h1-7H,9-10H2. The van der Waals surface area contributed by atoms with Crippen LogP contribution in [0.2, 0.25) is 0 Å². The molecule has 1 aromatic heterocycles. The zero-order valence-corrected chi connectivity index (χ0v) is 16.7. The van der Waals surface area contributed by atoms with E-state index in [-0.39, 0.29) is 30.1 Å². The molecule has 0 bridgehead atoms. The Balaban J connectivity index is 1.64. The predicted molar refractivity (Wildman–Crippen MR) is 103 cm³/mol. The Kier molecular flexibility index (Phi) is 5.18. The van der Waals surface area contributed by atoms with Gasteiger partial charge < -0.3 is 9.64 Å². The van der Waals surface area contributed by atoms with Gasteiger partial charge in [0.1, 0.15) is 11.4 Å². The van der Waals surface area contributed by atoms with Crippen LogP contribution in [0.15, 0.2) is 47.1 Å². The summed E-state index contributed by atoms with van der Waals surface area (Å²) in [6, 6.07) is 9.41. The van der Waals surface area contributed by atoms with E-state index in [1.54, 1.807) is 24.3 Å². The highest BCUT2D eigenvalue weighted by molar-refractivity contribution is 9.10. The molecular formula is C21H11BrF3N3O2. The molecule has 150 valence electrons. The van der Waals surface area contributed by atoms with Crippen molar-refractivity contribution in [3.05, 3.63) is 86.8 Å². The molecule has 0 spiro atoms. The Hall–Kier alpha value is -3.38. The van der Waals surface area contributed by atoms with E-state index < -0.39 is 29.1 Å². The summed E-state index contributed by atoms with van der Waals surface area (Å²) in [4.78, 5) is 18.2. The average molecular weight is 474 g/mol. The summed E-state index contributed by atoms with van der Waals surface area (Å²) in [5.74, 6) is -4.18. The van der Waals surface area contributed by atoms with Gasteiger partial charge >= 0.3 is 0 Å². The Bertz CT molecular complexity index is 1200. The molecule has 5 nitrogen and oxygen atoms in total. The van der Waals surface area contributed by atoms with Crippen molar-refractivity contribution in [3.8, 4) is 17.7 Å². The lowest BCUT2D eigenvalue weighted by Crippen LogP contribution is -2.24. The summed E-state index contributed by atoms with van der Waals surface area (Å²) in [5.41, 5.74) is 0.705. The molecule has 1 aliphatic heterocycles. The van der Waals surface area contributed by atoms with Gasteiger partial charge in [-0.1, -0.05) is 22.0 Å². The maximum Gasteiger partial charge on any atom is 0.260 e. The van der Waals surface area contributed by atoms with Gasteiger partial charge in [0.15, 0.2) is 11.6 Å². The Morgan fingerprint density at radius 1 is 1.13 bits per heavy atom. The number of benzene rings is 2. The summed E-state index contributed by atoms with van der Waals surface area (Å²) in [6.45, 7) is 0.173. The smallest absolute Gasteiger partial charge is 0.260 e. The highest BCUT2D eigenvalue weighted by Gasteiger charge is 2.33. The maximum atomic E-state index is 14.2. The molecule has 2 aromatic carbocycles. The molecule has 0 aliphatic carbocycles. The maximum absolute atomic E-state index is 14.2. The van der Waals surface area contributed by atoms with Crippen LogP contribution < -0.4 is 4.74 Å². The Labute approximate surface area is 177 Å². The van der Waals surface area contributed by atoms with Gasteiger partial charge in [-0.3, -0.25) is 4.79 Å². The molecule has 4 rings (SSSR count). The summed E-state index contributed by atoms with van der Waals surface area (Å²) in [6.07, 6.45) is 1.35. The molecule has 2 heterocycles. The van der Waals surface area contributed by atoms with Gasteiger partial charge in [0.25, 0.3) is 5.91 Å². The van der Waals surface area contributed by atoms with Gasteiger partial charge in [-0.2, -0.15) is 5.26 Å². The molecule has 3 aromatic rings. The Morgan fingerprint density at radius 2 is 1.87 bits per heavy atom. The van der Waals surface area contributed by atoms with E-state index in [0.29, 0.717) is 15.6 Å². The van der Waals surface area contributed by atoms with Crippen molar-refractivity contribution in [2.24, 2.45) is 0 Å². The van der Waals surface area contributed by atoms with Crippen LogP contribution in [0.1, 0.15) is 27.0 Å². The first-order chi connectivity index (χ1) is 14.4. The number of amides is 1. The number of carbonyl (C=O) groups excluding carboxylic acids is 1. The number of hydrogen-bond acceptors (Lipinski definition) is 4. The van der Waals surface area contributed by atoms with Crippen LogP contribution in [0.4, 0.5) is 13.2 Å². The zero-order chi connectivity index (χ0) is 21.4. The summed E-state index contributed by atoms with van der Waals surface area (Å²) < 4.78 is 48.4. The third-order valence-corrected chi connectivity index (χ3v) is 5.06. The fraction of sp³-hybridized carbons (Fsp3) is 0.0952. The number of nitrogens with zero attached hydrogens (tertiary/aromatic N) is 3. The van der Waals surface area contributed by atoms with Gasteiger partial charge in [0, 0.05) is 29.3 Å². The molecule has 0 unspecified atom stereocenters. The number of aromatic nitrogens is 1. The second-order valence-corrected chi connectivity index (χ2v) is 7.45. The first-order valence-corrected chi connectivity index (χ1v) is 9.44. The molecule has 0 atom stereocenters. The minimum atomic E-state index is -1.09. The molecule has 0 fully saturated rings. The highest BCUT2D eigenvalue weighted by atomic mass is 79.9. The molecule has 0 saturated heterocycles. The number of halogens is 4. The lowest BCUT2D eigenvalue weighted by molar-refractivity contribution is 0.0762. The topological polar surface area (TPSA) is 66.2 Å². The molecule has 0 saturated carbocycles. The van der Waals surface area contributed by atoms with Crippen molar-refractivity contribution in [1.82, 2.24) is 9.88 Å². The number of fused-ring (bicyclic) bond motifs is 1. The molecule has 1 amide bonds. The van der Waals surface area contributed by atoms with Crippen molar-refractivity contribution in [3.63, 3.8) is 0 Å². The van der Waals surface area contributed by atoms with E-state index in [4.69, 9.17) is 10.00 Å². The number of hydrogen-bond donors (Lipinski definition) is 0. The van der Waals surface area contributed by atoms with Gasteiger partial charge in [-0.15, -0.1) is 0 Å². The number of ether oxygens (including phenoxy) is 1. The van der Waals surface area contributed by atoms with Crippen LogP contribution in [0.5, 0.6) is 11.6 Å². The van der Waals surface area contributed by atoms with Crippen LogP contribution in [0.3, 0.4) is 0 Å². The number of pyridine rings is 1. The van der Waals surface area contributed by atoms with Crippen molar-refractivity contribution in [1.29, 1.82) is 5.26 Å². The SMILES string of the molecule is N#Cc1cc(F)c(Oc2nccc3c2C(=O)N(Cc2ccc(Br)cc2F)C3)c(F)c1. The fourth-order valence-electron chi connectivity index (χ4n) is 3.16. The second kappa shape index (κ2) is 7.80. The van der Waals surface area contributed by atoms with Crippen LogP contribution in [-0.2, 0) is 13.1 Å². The second-order valence-electron chi connectivity index (χ2n) is 6.53. The third kappa shape index (κ3) is 3.62. The van der Waals surface area contributed by atoms with Gasteiger partial charge in [0.05, 0.1) is 11.6 Å². The van der Waals surface area contributed by atoms with Crippen molar-refractivity contribution < 1.29 is 22.7 Å². The molecule has 9 heteroatoms.